The zero-order chi connectivity index (χ0) is 29.4. The molecule has 1 aliphatic rings. The van der Waals surface area contributed by atoms with E-state index in [4.69, 9.17) is 28.4 Å². The number of hydrogen-bond acceptors (Lipinski definition) is 13. The number of phenolic OH excluding ortho intramolecular Hbond substituents is 1. The van der Waals surface area contributed by atoms with E-state index >= 15 is 0 Å². The van der Waals surface area contributed by atoms with Crippen LogP contribution < -0.4 is 18.9 Å². The van der Waals surface area contributed by atoms with Crippen LogP contribution in [-0.4, -0.2) is 114 Å². The number of aryl methyl sites for hydroxylation is 1. The van der Waals surface area contributed by atoms with Gasteiger partial charge in [-0.15, -0.1) is 0 Å². The minimum absolute atomic E-state index is 0.0996. The van der Waals surface area contributed by atoms with Gasteiger partial charge in [-0.05, 0) is 48.2 Å². The fourth-order valence-electron chi connectivity index (χ4n) is 4.32. The smallest absolute Gasteiger partial charge is 0.204 e. The standard InChI is InChI=1S/C27H38O13/c1-35-17-11-15(6-7-16(17)30)22(31)20(12-28)39-26-18(36-2)9-14(10-19(26)37-3)5-4-8-38-27-25(34)24(33)23(32)21(13-29)40-27/h6-7,9-11,20-25,27-34H,4-5,8,12-13H2,1-3H3. The van der Waals surface area contributed by atoms with Crippen molar-refractivity contribution in [2.75, 3.05) is 41.2 Å². The molecule has 224 valence electrons. The highest BCUT2D eigenvalue weighted by Gasteiger charge is 2.43. The minimum atomic E-state index is -1.52. The molecule has 1 fully saturated rings. The van der Waals surface area contributed by atoms with Gasteiger partial charge in [-0.25, -0.2) is 0 Å². The molecule has 0 amide bonds. The van der Waals surface area contributed by atoms with Gasteiger partial charge in [0.05, 0.1) is 41.2 Å². The van der Waals surface area contributed by atoms with E-state index in [0.29, 0.717) is 18.4 Å². The third-order valence-corrected chi connectivity index (χ3v) is 6.61. The molecule has 1 heterocycles. The molecule has 2 aromatic carbocycles. The second-order valence-corrected chi connectivity index (χ2v) is 9.22. The summed E-state index contributed by atoms with van der Waals surface area (Å²) in [6.45, 7) is -0.968. The molecule has 7 unspecified atom stereocenters. The number of methoxy groups -OCH3 is 3. The van der Waals surface area contributed by atoms with Crippen LogP contribution in [0.1, 0.15) is 23.7 Å². The Bertz CT molecular complexity index is 1050. The van der Waals surface area contributed by atoms with Gasteiger partial charge in [0.2, 0.25) is 5.75 Å². The lowest BCUT2D eigenvalue weighted by Crippen LogP contribution is -2.59. The lowest BCUT2D eigenvalue weighted by atomic mass is 9.99. The molecule has 1 saturated heterocycles. The molecule has 7 atom stereocenters. The molecule has 0 bridgehead atoms. The first kappa shape index (κ1) is 31.6. The summed E-state index contributed by atoms with van der Waals surface area (Å²) in [4.78, 5) is 0. The fourth-order valence-corrected chi connectivity index (χ4v) is 4.32. The molecule has 0 spiro atoms. The van der Waals surface area contributed by atoms with Crippen molar-refractivity contribution in [3.05, 3.63) is 41.5 Å². The maximum absolute atomic E-state index is 10.9. The van der Waals surface area contributed by atoms with Crippen LogP contribution in [0.25, 0.3) is 0 Å². The van der Waals surface area contributed by atoms with E-state index in [2.05, 4.69) is 0 Å². The predicted octanol–water partition coefficient (Wildman–Crippen LogP) is -0.360. The molecule has 1 aliphatic heterocycles. The van der Waals surface area contributed by atoms with Gasteiger partial charge in [-0.3, -0.25) is 0 Å². The number of aliphatic hydroxyl groups excluding tert-OH is 6. The Balaban J connectivity index is 1.68. The summed E-state index contributed by atoms with van der Waals surface area (Å²) in [5.41, 5.74) is 1.13. The second kappa shape index (κ2) is 14.7. The van der Waals surface area contributed by atoms with Crippen LogP contribution in [0.5, 0.6) is 28.7 Å². The van der Waals surface area contributed by atoms with Gasteiger partial charge in [0.15, 0.2) is 35.4 Å². The Morgan fingerprint density at radius 1 is 0.875 bits per heavy atom. The molecular weight excluding hydrogens is 532 g/mol. The van der Waals surface area contributed by atoms with E-state index in [0.717, 1.165) is 5.56 Å². The van der Waals surface area contributed by atoms with E-state index in [1.165, 1.54) is 39.5 Å². The predicted molar refractivity (Wildman–Crippen MR) is 139 cm³/mol. The van der Waals surface area contributed by atoms with Crippen LogP contribution in [0.15, 0.2) is 30.3 Å². The van der Waals surface area contributed by atoms with Crippen molar-refractivity contribution in [1.29, 1.82) is 0 Å². The molecule has 0 saturated carbocycles. The minimum Gasteiger partial charge on any atom is -0.504 e. The Morgan fingerprint density at radius 2 is 1.52 bits per heavy atom. The number of benzene rings is 2. The summed E-state index contributed by atoms with van der Waals surface area (Å²) >= 11 is 0. The van der Waals surface area contributed by atoms with E-state index in [1.807, 2.05) is 0 Å². The summed E-state index contributed by atoms with van der Waals surface area (Å²) < 4.78 is 32.9. The lowest BCUT2D eigenvalue weighted by Gasteiger charge is -2.39. The monoisotopic (exact) mass is 570 g/mol. The summed E-state index contributed by atoms with van der Waals surface area (Å²) in [5, 5.41) is 69.9. The highest BCUT2D eigenvalue weighted by atomic mass is 16.7. The molecule has 13 heteroatoms. The normalized spacial score (nSPS) is 24.3. The van der Waals surface area contributed by atoms with Crippen LogP contribution in [0.4, 0.5) is 0 Å². The van der Waals surface area contributed by atoms with Crippen molar-refractivity contribution in [2.45, 2.75) is 55.8 Å². The van der Waals surface area contributed by atoms with E-state index in [1.54, 1.807) is 12.1 Å². The number of ether oxygens (including phenoxy) is 6. The van der Waals surface area contributed by atoms with Gasteiger partial charge in [0, 0.05) is 0 Å². The van der Waals surface area contributed by atoms with Gasteiger partial charge in [0.25, 0.3) is 0 Å². The van der Waals surface area contributed by atoms with Crippen LogP contribution in [0.2, 0.25) is 0 Å². The average molecular weight is 571 g/mol. The Kier molecular flexibility index (Phi) is 11.6. The lowest BCUT2D eigenvalue weighted by molar-refractivity contribution is -0.301. The van der Waals surface area contributed by atoms with Crippen molar-refractivity contribution in [3.63, 3.8) is 0 Å². The molecular formula is C27H38O13. The van der Waals surface area contributed by atoms with Crippen molar-refractivity contribution >= 4 is 0 Å². The maximum Gasteiger partial charge on any atom is 0.204 e. The van der Waals surface area contributed by atoms with Gasteiger partial charge in [-0.2, -0.15) is 0 Å². The first-order valence-corrected chi connectivity index (χ1v) is 12.7. The van der Waals surface area contributed by atoms with Gasteiger partial charge >= 0.3 is 0 Å². The number of aromatic hydroxyl groups is 1. The van der Waals surface area contributed by atoms with E-state index < -0.39 is 56.1 Å². The SMILES string of the molecule is COc1cc(C(O)C(CO)Oc2c(OC)cc(CCCOC3OC(CO)C(O)C(O)C3O)cc2OC)ccc1O. The molecule has 3 rings (SSSR count). The Hall–Kier alpha value is -2.88. The fraction of sp³-hybridized carbons (Fsp3) is 0.556. The van der Waals surface area contributed by atoms with Crippen molar-refractivity contribution in [1.82, 2.24) is 0 Å². The first-order valence-electron chi connectivity index (χ1n) is 12.7. The first-order chi connectivity index (χ1) is 19.2. The van der Waals surface area contributed by atoms with Crippen LogP contribution in [-0.2, 0) is 15.9 Å². The highest BCUT2D eigenvalue weighted by Crippen LogP contribution is 2.41. The highest BCUT2D eigenvalue weighted by molar-refractivity contribution is 5.54. The number of phenols is 1. The molecule has 40 heavy (non-hydrogen) atoms. The van der Waals surface area contributed by atoms with Gasteiger partial charge < -0.3 is 64.2 Å². The van der Waals surface area contributed by atoms with E-state index in [9.17, 15) is 35.7 Å². The van der Waals surface area contributed by atoms with Crippen molar-refractivity contribution in [3.8, 4) is 28.7 Å². The summed E-state index contributed by atoms with van der Waals surface area (Å²) in [6, 6.07) is 7.70. The maximum atomic E-state index is 10.9. The molecule has 2 aromatic rings. The third-order valence-electron chi connectivity index (χ3n) is 6.61. The Labute approximate surface area is 231 Å². The van der Waals surface area contributed by atoms with Crippen LogP contribution in [0, 0.1) is 0 Å². The molecule has 13 nitrogen and oxygen atoms in total. The quantitative estimate of drug-likeness (QED) is 0.146. The third kappa shape index (κ3) is 7.25. The van der Waals surface area contributed by atoms with Crippen LogP contribution >= 0.6 is 0 Å². The zero-order valence-electron chi connectivity index (χ0n) is 22.5. The van der Waals surface area contributed by atoms with Crippen molar-refractivity contribution in [2.24, 2.45) is 0 Å². The Morgan fingerprint density at radius 3 is 2.10 bits per heavy atom. The molecule has 7 N–H and O–H groups in total. The van der Waals surface area contributed by atoms with Crippen molar-refractivity contribution < 1.29 is 64.2 Å². The molecule has 0 aliphatic carbocycles. The molecule has 0 aromatic heterocycles. The summed E-state index contributed by atoms with van der Waals surface area (Å²) in [5.74, 6) is 0.798. The van der Waals surface area contributed by atoms with E-state index in [-0.39, 0.29) is 35.4 Å². The number of aliphatic hydroxyl groups is 6. The van der Waals surface area contributed by atoms with Gasteiger partial charge in [0.1, 0.15) is 30.5 Å². The van der Waals surface area contributed by atoms with Crippen LogP contribution in [0.3, 0.4) is 0 Å². The summed E-state index contributed by atoms with van der Waals surface area (Å²) in [7, 11) is 4.25. The number of hydrogen-bond donors (Lipinski definition) is 7. The average Bonchev–Trinajstić information content (AvgIpc) is 2.97. The number of rotatable bonds is 14. The second-order valence-electron chi connectivity index (χ2n) is 9.22. The van der Waals surface area contributed by atoms with Gasteiger partial charge in [-0.1, -0.05) is 6.07 Å². The largest absolute Gasteiger partial charge is 0.504 e. The summed E-state index contributed by atoms with van der Waals surface area (Å²) in [6.07, 6.45) is -8.20. The zero-order valence-corrected chi connectivity index (χ0v) is 22.5. The topological polar surface area (TPSA) is 197 Å². The molecule has 0 radical (unpaired) electrons.